The Balaban J connectivity index is 1.51. The van der Waals surface area contributed by atoms with Gasteiger partial charge in [-0.05, 0) is 45.1 Å². The Morgan fingerprint density at radius 1 is 1.17 bits per heavy atom. The van der Waals surface area contributed by atoms with E-state index in [1.807, 2.05) is 7.05 Å². The van der Waals surface area contributed by atoms with Crippen molar-refractivity contribution >= 4 is 17.7 Å². The second-order valence-electron chi connectivity index (χ2n) is 8.73. The van der Waals surface area contributed by atoms with Gasteiger partial charge in [0.2, 0.25) is 5.95 Å². The van der Waals surface area contributed by atoms with Crippen LogP contribution in [-0.2, 0) is 17.6 Å². The highest BCUT2D eigenvalue weighted by Gasteiger charge is 2.35. The predicted octanol–water partition coefficient (Wildman–Crippen LogP) is 1.31. The number of aryl methyl sites for hydroxylation is 1. The van der Waals surface area contributed by atoms with Gasteiger partial charge in [0.15, 0.2) is 0 Å². The van der Waals surface area contributed by atoms with Crippen molar-refractivity contribution in [1.29, 1.82) is 0 Å². The lowest BCUT2D eigenvalue weighted by atomic mass is 9.86. The minimum absolute atomic E-state index is 0.232. The summed E-state index contributed by atoms with van der Waals surface area (Å²) in [5.41, 5.74) is 2.45. The number of aromatic nitrogens is 2. The van der Waals surface area contributed by atoms with Crippen LogP contribution in [0.1, 0.15) is 36.9 Å². The fourth-order valence-corrected chi connectivity index (χ4v) is 5.20. The van der Waals surface area contributed by atoms with E-state index in [9.17, 15) is 9.90 Å². The molecule has 0 aromatic carbocycles. The van der Waals surface area contributed by atoms with Crippen LogP contribution in [0.3, 0.4) is 0 Å². The van der Waals surface area contributed by atoms with Crippen LogP contribution in [-0.4, -0.2) is 90.2 Å². The number of anilines is 2. The summed E-state index contributed by atoms with van der Waals surface area (Å²) in [6.07, 6.45) is 5.22. The standard InChI is InChI=1S/C21H34N6O2/c1-22-20-16-4-3-5-17(16)23-21(24-20)27-9-8-18(15(14-27)6-7-19(28)29)26-12-10-25(2)11-13-26/h15,18H,3-14H2,1-2H3,(H,28,29)(H,22,23,24). The van der Waals surface area contributed by atoms with Crippen molar-refractivity contribution in [1.82, 2.24) is 19.8 Å². The monoisotopic (exact) mass is 402 g/mol. The largest absolute Gasteiger partial charge is 0.481 e. The molecule has 2 aliphatic heterocycles. The highest BCUT2D eigenvalue weighted by atomic mass is 16.4. The molecule has 1 aliphatic carbocycles. The number of piperazine rings is 1. The van der Waals surface area contributed by atoms with Crippen molar-refractivity contribution in [2.24, 2.45) is 5.92 Å². The molecule has 0 bridgehead atoms. The maximum absolute atomic E-state index is 11.3. The number of carboxylic acid groups (broad SMARTS) is 1. The molecule has 0 saturated carbocycles. The van der Waals surface area contributed by atoms with E-state index < -0.39 is 5.97 Å². The molecule has 2 atom stereocenters. The number of fused-ring (bicyclic) bond motifs is 1. The zero-order chi connectivity index (χ0) is 20.4. The zero-order valence-electron chi connectivity index (χ0n) is 17.7. The molecule has 29 heavy (non-hydrogen) atoms. The Labute approximate surface area is 173 Å². The molecule has 1 aromatic rings. The molecule has 8 heteroatoms. The van der Waals surface area contributed by atoms with E-state index in [1.165, 1.54) is 11.3 Å². The minimum Gasteiger partial charge on any atom is -0.481 e. The Morgan fingerprint density at radius 2 is 1.97 bits per heavy atom. The van der Waals surface area contributed by atoms with E-state index in [0.29, 0.717) is 18.4 Å². The number of carbonyl (C=O) groups is 1. The Hall–Kier alpha value is -1.93. The molecule has 1 aromatic heterocycles. The lowest BCUT2D eigenvalue weighted by Crippen LogP contribution is -2.56. The first-order chi connectivity index (χ1) is 14.0. The van der Waals surface area contributed by atoms with Crippen LogP contribution < -0.4 is 10.2 Å². The molecule has 0 spiro atoms. The number of nitrogens with one attached hydrogen (secondary N) is 1. The Kier molecular flexibility index (Phi) is 6.20. The summed E-state index contributed by atoms with van der Waals surface area (Å²) in [4.78, 5) is 28.2. The van der Waals surface area contributed by atoms with Gasteiger partial charge < -0.3 is 20.2 Å². The Bertz CT molecular complexity index is 734. The fraction of sp³-hybridized carbons (Fsp3) is 0.762. The number of hydrogen-bond donors (Lipinski definition) is 2. The van der Waals surface area contributed by atoms with Gasteiger partial charge >= 0.3 is 5.97 Å². The molecule has 2 N–H and O–H groups in total. The number of likely N-dealkylation sites (N-methyl/N-ethyl adjacent to an activating group) is 1. The third-order valence-corrected chi connectivity index (χ3v) is 6.87. The van der Waals surface area contributed by atoms with E-state index in [0.717, 1.165) is 76.7 Å². The van der Waals surface area contributed by atoms with Gasteiger partial charge in [0, 0.05) is 64.3 Å². The molecule has 160 valence electrons. The summed E-state index contributed by atoms with van der Waals surface area (Å²) in [6.45, 7) is 6.10. The number of piperidine rings is 1. The first-order valence-electron chi connectivity index (χ1n) is 11.0. The van der Waals surface area contributed by atoms with Crippen molar-refractivity contribution < 1.29 is 9.90 Å². The van der Waals surface area contributed by atoms with Gasteiger partial charge in [-0.3, -0.25) is 9.69 Å². The molecule has 8 nitrogen and oxygen atoms in total. The van der Waals surface area contributed by atoms with Crippen LogP contribution in [0.25, 0.3) is 0 Å². The van der Waals surface area contributed by atoms with Gasteiger partial charge in [0.1, 0.15) is 5.82 Å². The molecule has 4 rings (SSSR count). The average Bonchev–Trinajstić information content (AvgIpc) is 3.21. The van der Waals surface area contributed by atoms with E-state index >= 15 is 0 Å². The van der Waals surface area contributed by atoms with Gasteiger partial charge in [-0.2, -0.15) is 4.98 Å². The summed E-state index contributed by atoms with van der Waals surface area (Å²) in [6, 6.07) is 0.456. The van der Waals surface area contributed by atoms with E-state index in [2.05, 4.69) is 27.1 Å². The van der Waals surface area contributed by atoms with E-state index in [1.54, 1.807) is 0 Å². The molecule has 0 amide bonds. The normalized spacial score (nSPS) is 25.8. The van der Waals surface area contributed by atoms with E-state index in [4.69, 9.17) is 9.97 Å². The van der Waals surface area contributed by atoms with Crippen molar-refractivity contribution in [3.05, 3.63) is 11.3 Å². The molecule has 2 saturated heterocycles. The fourth-order valence-electron chi connectivity index (χ4n) is 5.20. The van der Waals surface area contributed by atoms with Crippen LogP contribution in [0.5, 0.6) is 0 Å². The molecule has 0 radical (unpaired) electrons. The molecule has 3 aliphatic rings. The quantitative estimate of drug-likeness (QED) is 0.737. The lowest BCUT2D eigenvalue weighted by Gasteiger charge is -2.46. The maximum Gasteiger partial charge on any atom is 0.303 e. The van der Waals surface area contributed by atoms with Gasteiger partial charge in [0.25, 0.3) is 0 Å². The number of carboxylic acids is 1. The maximum atomic E-state index is 11.3. The van der Waals surface area contributed by atoms with Gasteiger partial charge in [0.05, 0.1) is 5.69 Å². The number of hydrogen-bond acceptors (Lipinski definition) is 7. The minimum atomic E-state index is -0.703. The molecular weight excluding hydrogens is 368 g/mol. The molecule has 3 heterocycles. The smallest absolute Gasteiger partial charge is 0.303 e. The summed E-state index contributed by atoms with van der Waals surface area (Å²) in [5, 5.41) is 12.5. The van der Waals surface area contributed by atoms with Crippen molar-refractivity contribution in [3.63, 3.8) is 0 Å². The van der Waals surface area contributed by atoms with Crippen LogP contribution in [0.15, 0.2) is 0 Å². The molecular formula is C21H34N6O2. The summed E-state index contributed by atoms with van der Waals surface area (Å²) >= 11 is 0. The van der Waals surface area contributed by atoms with Gasteiger partial charge in [-0.1, -0.05) is 0 Å². The van der Waals surface area contributed by atoms with Gasteiger partial charge in [-0.25, -0.2) is 4.98 Å². The Morgan fingerprint density at radius 3 is 2.69 bits per heavy atom. The predicted molar refractivity (Wildman–Crippen MR) is 114 cm³/mol. The molecule has 2 unspecified atom stereocenters. The lowest BCUT2D eigenvalue weighted by molar-refractivity contribution is -0.137. The van der Waals surface area contributed by atoms with Crippen LogP contribution in [0.2, 0.25) is 0 Å². The van der Waals surface area contributed by atoms with Crippen LogP contribution in [0, 0.1) is 5.92 Å². The van der Waals surface area contributed by atoms with Crippen LogP contribution >= 0.6 is 0 Å². The molecule has 2 fully saturated rings. The van der Waals surface area contributed by atoms with Crippen molar-refractivity contribution in [3.8, 4) is 0 Å². The first kappa shape index (κ1) is 20.3. The summed E-state index contributed by atoms with van der Waals surface area (Å²) in [7, 11) is 4.10. The summed E-state index contributed by atoms with van der Waals surface area (Å²) in [5.74, 6) is 1.40. The second kappa shape index (κ2) is 8.83. The second-order valence-corrected chi connectivity index (χ2v) is 8.73. The third-order valence-electron chi connectivity index (χ3n) is 6.87. The number of aliphatic carboxylic acids is 1. The number of nitrogens with zero attached hydrogens (tertiary/aromatic N) is 5. The first-order valence-corrected chi connectivity index (χ1v) is 11.0. The SMILES string of the molecule is CNc1nc(N2CCC(N3CCN(C)CC3)C(CCC(=O)O)C2)nc2c1CCC2. The van der Waals surface area contributed by atoms with E-state index in [-0.39, 0.29) is 6.42 Å². The van der Waals surface area contributed by atoms with Crippen molar-refractivity contribution in [2.75, 3.05) is 63.6 Å². The van der Waals surface area contributed by atoms with Crippen LogP contribution in [0.4, 0.5) is 11.8 Å². The summed E-state index contributed by atoms with van der Waals surface area (Å²) < 4.78 is 0. The average molecular weight is 403 g/mol. The third kappa shape index (κ3) is 4.48. The highest BCUT2D eigenvalue weighted by molar-refractivity contribution is 5.66. The van der Waals surface area contributed by atoms with Gasteiger partial charge in [-0.15, -0.1) is 0 Å². The topological polar surface area (TPSA) is 84.8 Å². The zero-order valence-corrected chi connectivity index (χ0v) is 17.7. The van der Waals surface area contributed by atoms with Crippen molar-refractivity contribution in [2.45, 2.75) is 44.6 Å². The highest BCUT2D eigenvalue weighted by Crippen LogP contribution is 2.32. The number of rotatable bonds is 6.